The second kappa shape index (κ2) is 8.38. The highest BCUT2D eigenvalue weighted by molar-refractivity contribution is 5.35. The predicted molar refractivity (Wildman–Crippen MR) is 108 cm³/mol. The molecule has 1 N–H and O–H groups in total. The lowest BCUT2D eigenvalue weighted by molar-refractivity contribution is -0.198. The second-order valence-electron chi connectivity index (χ2n) is 6.98. The topological polar surface area (TPSA) is 30.5 Å². The van der Waals surface area contributed by atoms with Crippen molar-refractivity contribution in [2.24, 2.45) is 0 Å². The molecule has 0 aliphatic carbocycles. The van der Waals surface area contributed by atoms with Crippen LogP contribution in [0, 0.1) is 0 Å². The Balaban J connectivity index is 1.47. The summed E-state index contributed by atoms with van der Waals surface area (Å²) in [5.74, 6) is 0.275. The second-order valence-corrected chi connectivity index (χ2v) is 6.98. The van der Waals surface area contributed by atoms with Crippen molar-refractivity contribution in [3.63, 3.8) is 0 Å². The summed E-state index contributed by atoms with van der Waals surface area (Å²) in [6.07, 6.45) is 1.79. The molecule has 3 aromatic rings. The van der Waals surface area contributed by atoms with Crippen molar-refractivity contribution in [1.82, 2.24) is 5.32 Å². The normalized spacial score (nSPS) is 18.5. The first-order valence-corrected chi connectivity index (χ1v) is 9.52. The van der Waals surface area contributed by atoms with E-state index in [0.29, 0.717) is 13.2 Å². The van der Waals surface area contributed by atoms with E-state index in [9.17, 15) is 0 Å². The van der Waals surface area contributed by atoms with Gasteiger partial charge < -0.3 is 14.8 Å². The summed E-state index contributed by atoms with van der Waals surface area (Å²) < 4.78 is 12.8. The Morgan fingerprint density at radius 1 is 0.815 bits per heavy atom. The average molecular weight is 359 g/mol. The predicted octanol–water partition coefficient (Wildman–Crippen LogP) is 4.71. The zero-order valence-corrected chi connectivity index (χ0v) is 15.4. The van der Waals surface area contributed by atoms with E-state index in [2.05, 4.69) is 53.8 Å². The molecule has 138 valence electrons. The molecule has 0 fully saturated rings. The summed E-state index contributed by atoms with van der Waals surface area (Å²) >= 11 is 0. The van der Waals surface area contributed by atoms with Gasteiger partial charge in [-0.1, -0.05) is 78.9 Å². The highest BCUT2D eigenvalue weighted by atomic mass is 16.7. The number of nitrogens with one attached hydrogen (secondary N) is 1. The first kappa shape index (κ1) is 17.8. The van der Waals surface area contributed by atoms with E-state index in [1.165, 1.54) is 11.1 Å². The standard InChI is InChI=1S/C24H25NO2/c1-3-9-20(10-4-1)17-25-19-24(26-18-21-11-5-2-6-12-21)16-15-22-13-7-8-14-23(22)27-24/h1-14,25H,15-19H2. The third-order valence-electron chi connectivity index (χ3n) is 4.95. The summed E-state index contributed by atoms with van der Waals surface area (Å²) in [5.41, 5.74) is 3.66. The molecule has 0 bridgehead atoms. The van der Waals surface area contributed by atoms with E-state index >= 15 is 0 Å². The maximum absolute atomic E-state index is 6.39. The summed E-state index contributed by atoms with van der Waals surface area (Å²) in [6, 6.07) is 28.9. The Hall–Kier alpha value is -2.62. The van der Waals surface area contributed by atoms with Crippen LogP contribution in [0.3, 0.4) is 0 Å². The molecule has 1 aliphatic rings. The SMILES string of the molecule is c1ccc(CNCC2(OCc3ccccc3)CCc3ccccc3O2)cc1. The van der Waals surface area contributed by atoms with Gasteiger partial charge in [0.2, 0.25) is 5.79 Å². The minimum Gasteiger partial charge on any atom is -0.461 e. The molecule has 0 amide bonds. The van der Waals surface area contributed by atoms with Crippen molar-refractivity contribution >= 4 is 0 Å². The van der Waals surface area contributed by atoms with Crippen LogP contribution in [-0.4, -0.2) is 12.3 Å². The van der Waals surface area contributed by atoms with Gasteiger partial charge in [-0.05, 0) is 29.2 Å². The molecule has 4 rings (SSSR count). The maximum Gasteiger partial charge on any atom is 0.223 e. The van der Waals surface area contributed by atoms with Gasteiger partial charge >= 0.3 is 0 Å². The molecular formula is C24H25NO2. The largest absolute Gasteiger partial charge is 0.461 e. The van der Waals surface area contributed by atoms with Crippen LogP contribution < -0.4 is 10.1 Å². The zero-order valence-electron chi connectivity index (χ0n) is 15.4. The van der Waals surface area contributed by atoms with Crippen LogP contribution in [0.2, 0.25) is 0 Å². The average Bonchev–Trinajstić information content (AvgIpc) is 2.74. The number of hydrogen-bond acceptors (Lipinski definition) is 3. The fourth-order valence-electron chi connectivity index (χ4n) is 3.45. The Labute approximate surface area is 161 Å². The molecule has 27 heavy (non-hydrogen) atoms. The third-order valence-corrected chi connectivity index (χ3v) is 4.95. The van der Waals surface area contributed by atoms with E-state index in [0.717, 1.165) is 30.7 Å². The van der Waals surface area contributed by atoms with Crippen LogP contribution in [0.4, 0.5) is 0 Å². The van der Waals surface area contributed by atoms with Gasteiger partial charge in [-0.2, -0.15) is 0 Å². The molecule has 0 saturated carbocycles. The molecule has 0 radical (unpaired) electrons. The van der Waals surface area contributed by atoms with E-state index in [-0.39, 0.29) is 0 Å². The lowest BCUT2D eigenvalue weighted by Crippen LogP contribution is -2.50. The Morgan fingerprint density at radius 3 is 2.26 bits per heavy atom. The smallest absolute Gasteiger partial charge is 0.223 e. The fourth-order valence-corrected chi connectivity index (χ4v) is 3.45. The van der Waals surface area contributed by atoms with Gasteiger partial charge in [-0.15, -0.1) is 0 Å². The van der Waals surface area contributed by atoms with Crippen LogP contribution in [0.1, 0.15) is 23.1 Å². The molecule has 3 nitrogen and oxygen atoms in total. The number of rotatable bonds is 7. The molecule has 1 atom stereocenters. The van der Waals surface area contributed by atoms with Gasteiger partial charge in [0.1, 0.15) is 5.75 Å². The quantitative estimate of drug-likeness (QED) is 0.662. The summed E-state index contributed by atoms with van der Waals surface area (Å²) in [5, 5.41) is 3.53. The number of fused-ring (bicyclic) bond motifs is 1. The van der Waals surface area contributed by atoms with E-state index in [1.807, 2.05) is 36.4 Å². The van der Waals surface area contributed by atoms with E-state index in [1.54, 1.807) is 0 Å². The highest BCUT2D eigenvalue weighted by Gasteiger charge is 2.37. The van der Waals surface area contributed by atoms with Crippen LogP contribution in [0.15, 0.2) is 84.9 Å². The zero-order chi connectivity index (χ0) is 18.4. The number of benzene rings is 3. The Kier molecular flexibility index (Phi) is 5.52. The van der Waals surface area contributed by atoms with Crippen LogP contribution in [0.25, 0.3) is 0 Å². The van der Waals surface area contributed by atoms with Gasteiger partial charge in [0.05, 0.1) is 13.2 Å². The number of ether oxygens (including phenoxy) is 2. The molecule has 1 unspecified atom stereocenters. The number of para-hydroxylation sites is 1. The molecule has 0 aromatic heterocycles. The summed E-state index contributed by atoms with van der Waals surface area (Å²) in [7, 11) is 0. The van der Waals surface area contributed by atoms with Crippen molar-refractivity contribution in [3.05, 3.63) is 102 Å². The van der Waals surface area contributed by atoms with Crippen molar-refractivity contribution < 1.29 is 9.47 Å². The first-order chi connectivity index (χ1) is 13.3. The van der Waals surface area contributed by atoms with Crippen LogP contribution in [-0.2, 0) is 24.3 Å². The third kappa shape index (κ3) is 4.57. The molecular weight excluding hydrogens is 334 g/mol. The van der Waals surface area contributed by atoms with Gasteiger partial charge in [0.15, 0.2) is 0 Å². The summed E-state index contributed by atoms with van der Waals surface area (Å²) in [6.45, 7) is 1.97. The highest BCUT2D eigenvalue weighted by Crippen LogP contribution is 2.34. The van der Waals surface area contributed by atoms with Gasteiger partial charge in [-0.25, -0.2) is 0 Å². The van der Waals surface area contributed by atoms with Crippen molar-refractivity contribution in [2.75, 3.05) is 6.54 Å². The van der Waals surface area contributed by atoms with Gasteiger partial charge in [0, 0.05) is 13.0 Å². The lowest BCUT2D eigenvalue weighted by Gasteiger charge is -2.38. The first-order valence-electron chi connectivity index (χ1n) is 9.52. The minimum absolute atomic E-state index is 0.538. The van der Waals surface area contributed by atoms with E-state index in [4.69, 9.17) is 9.47 Å². The number of aryl methyl sites for hydroxylation is 1. The molecule has 1 aliphatic heterocycles. The Morgan fingerprint density at radius 2 is 1.48 bits per heavy atom. The van der Waals surface area contributed by atoms with Gasteiger partial charge in [-0.3, -0.25) is 0 Å². The monoisotopic (exact) mass is 359 g/mol. The van der Waals surface area contributed by atoms with Crippen molar-refractivity contribution in [2.45, 2.75) is 31.8 Å². The fraction of sp³-hybridized carbons (Fsp3) is 0.250. The van der Waals surface area contributed by atoms with Crippen LogP contribution >= 0.6 is 0 Å². The van der Waals surface area contributed by atoms with Crippen molar-refractivity contribution in [1.29, 1.82) is 0 Å². The Bertz CT molecular complexity index is 851. The molecule has 0 spiro atoms. The summed E-state index contributed by atoms with van der Waals surface area (Å²) in [4.78, 5) is 0. The molecule has 1 heterocycles. The van der Waals surface area contributed by atoms with E-state index < -0.39 is 5.79 Å². The van der Waals surface area contributed by atoms with Crippen molar-refractivity contribution in [3.8, 4) is 5.75 Å². The van der Waals surface area contributed by atoms with Gasteiger partial charge in [0.25, 0.3) is 0 Å². The van der Waals surface area contributed by atoms with Crippen LogP contribution in [0.5, 0.6) is 5.75 Å². The molecule has 0 saturated heterocycles. The maximum atomic E-state index is 6.39. The molecule has 3 aromatic carbocycles. The lowest BCUT2D eigenvalue weighted by atomic mass is 9.99. The number of hydrogen-bond donors (Lipinski definition) is 1. The molecule has 3 heteroatoms. The minimum atomic E-state index is -0.654.